The number of hydrogen-bond acceptors (Lipinski definition) is 1. The number of hydrogen-bond donors (Lipinski definition) is 0. The Morgan fingerprint density at radius 1 is 1.35 bits per heavy atom. The first-order chi connectivity index (χ1) is 8.13. The largest absolute Gasteiger partial charge is 0.335 e. The molecule has 1 amide bonds. The van der Waals surface area contributed by atoms with Gasteiger partial charge in [0.15, 0.2) is 0 Å². The molecule has 0 atom stereocenters. The monoisotopic (exact) mass is 231 g/mol. The summed E-state index contributed by atoms with van der Waals surface area (Å²) >= 11 is 0. The van der Waals surface area contributed by atoms with Gasteiger partial charge in [-0.15, -0.1) is 0 Å². The van der Waals surface area contributed by atoms with E-state index in [1.54, 1.807) is 0 Å². The van der Waals surface area contributed by atoms with Gasteiger partial charge in [-0.25, -0.2) is 0 Å². The quantitative estimate of drug-likeness (QED) is 0.688. The molecule has 0 heterocycles. The van der Waals surface area contributed by atoms with Gasteiger partial charge in [-0.05, 0) is 24.0 Å². The van der Waals surface area contributed by atoms with Crippen molar-refractivity contribution in [2.24, 2.45) is 5.92 Å². The molecule has 92 valence electrons. The van der Waals surface area contributed by atoms with Gasteiger partial charge in [0.2, 0.25) is 5.91 Å². The van der Waals surface area contributed by atoms with Crippen LogP contribution in [0.15, 0.2) is 43.0 Å². The Labute approximate surface area is 104 Å². The number of amides is 1. The van der Waals surface area contributed by atoms with Gasteiger partial charge in [-0.1, -0.05) is 50.8 Å². The van der Waals surface area contributed by atoms with E-state index in [0.717, 1.165) is 18.5 Å². The molecule has 0 unspecified atom stereocenters. The van der Waals surface area contributed by atoms with Crippen LogP contribution in [-0.2, 0) is 11.3 Å². The molecular formula is C15H21NO. The van der Waals surface area contributed by atoms with E-state index >= 15 is 0 Å². The maximum atomic E-state index is 11.7. The summed E-state index contributed by atoms with van der Waals surface area (Å²) in [5.41, 5.74) is 1.16. The standard InChI is InChI=1S/C15H21NO/c1-4-15(17)16(11-10-13(2)3)12-14-8-6-5-7-9-14/h4-9,13H,1,10-12H2,2-3H3. The second-order valence-corrected chi connectivity index (χ2v) is 4.63. The minimum Gasteiger partial charge on any atom is -0.335 e. The van der Waals surface area contributed by atoms with Crippen molar-refractivity contribution in [3.63, 3.8) is 0 Å². The molecule has 0 spiro atoms. The molecule has 0 saturated heterocycles. The lowest BCUT2D eigenvalue weighted by atomic mass is 10.1. The van der Waals surface area contributed by atoms with Crippen LogP contribution in [0.1, 0.15) is 25.8 Å². The zero-order chi connectivity index (χ0) is 12.7. The molecule has 1 aromatic carbocycles. The van der Waals surface area contributed by atoms with E-state index in [9.17, 15) is 4.79 Å². The van der Waals surface area contributed by atoms with Crippen molar-refractivity contribution >= 4 is 5.91 Å². The van der Waals surface area contributed by atoms with Crippen molar-refractivity contribution in [3.05, 3.63) is 48.6 Å². The van der Waals surface area contributed by atoms with Crippen LogP contribution >= 0.6 is 0 Å². The van der Waals surface area contributed by atoms with E-state index in [0.29, 0.717) is 12.5 Å². The number of carbonyl (C=O) groups is 1. The molecule has 0 fully saturated rings. The predicted octanol–water partition coefficient (Wildman–Crippen LogP) is 3.25. The normalized spacial score (nSPS) is 10.3. The van der Waals surface area contributed by atoms with Crippen molar-refractivity contribution in [1.82, 2.24) is 4.90 Å². The highest BCUT2D eigenvalue weighted by Crippen LogP contribution is 2.08. The topological polar surface area (TPSA) is 20.3 Å². The van der Waals surface area contributed by atoms with Gasteiger partial charge in [0.05, 0.1) is 0 Å². The maximum Gasteiger partial charge on any atom is 0.246 e. The second-order valence-electron chi connectivity index (χ2n) is 4.63. The van der Waals surface area contributed by atoms with Crippen LogP contribution in [-0.4, -0.2) is 17.4 Å². The van der Waals surface area contributed by atoms with E-state index in [2.05, 4.69) is 20.4 Å². The predicted molar refractivity (Wildman–Crippen MR) is 71.5 cm³/mol. The van der Waals surface area contributed by atoms with Gasteiger partial charge in [0.25, 0.3) is 0 Å². The number of nitrogens with zero attached hydrogens (tertiary/aromatic N) is 1. The lowest BCUT2D eigenvalue weighted by Crippen LogP contribution is -2.30. The van der Waals surface area contributed by atoms with Crippen LogP contribution < -0.4 is 0 Å². The van der Waals surface area contributed by atoms with Crippen LogP contribution in [0.3, 0.4) is 0 Å². The minimum atomic E-state index is 0.00880. The molecule has 0 aliphatic rings. The van der Waals surface area contributed by atoms with Crippen LogP contribution in [0.25, 0.3) is 0 Å². The summed E-state index contributed by atoms with van der Waals surface area (Å²) in [4.78, 5) is 13.6. The summed E-state index contributed by atoms with van der Waals surface area (Å²) in [5, 5.41) is 0. The highest BCUT2D eigenvalue weighted by molar-refractivity contribution is 5.86. The molecule has 0 radical (unpaired) electrons. The molecule has 0 aliphatic carbocycles. The third-order valence-corrected chi connectivity index (χ3v) is 2.68. The Balaban J connectivity index is 2.63. The van der Waals surface area contributed by atoms with Gasteiger partial charge in [-0.3, -0.25) is 4.79 Å². The molecule has 0 saturated carbocycles. The first-order valence-corrected chi connectivity index (χ1v) is 6.08. The van der Waals surface area contributed by atoms with Crippen molar-refractivity contribution in [1.29, 1.82) is 0 Å². The minimum absolute atomic E-state index is 0.00880. The van der Waals surface area contributed by atoms with E-state index in [4.69, 9.17) is 0 Å². The Kier molecular flexibility index (Phi) is 5.47. The molecule has 0 N–H and O–H groups in total. The fourth-order valence-corrected chi connectivity index (χ4v) is 1.61. The molecule has 0 aliphatic heterocycles. The summed E-state index contributed by atoms with van der Waals surface area (Å²) in [6, 6.07) is 10.1. The SMILES string of the molecule is C=CC(=O)N(CCC(C)C)Cc1ccccc1. The second kappa shape index (κ2) is 6.89. The zero-order valence-electron chi connectivity index (χ0n) is 10.7. The molecule has 2 nitrogen and oxygen atoms in total. The van der Waals surface area contributed by atoms with Crippen molar-refractivity contribution in [3.8, 4) is 0 Å². The Morgan fingerprint density at radius 3 is 2.53 bits per heavy atom. The third kappa shape index (κ3) is 4.85. The fraction of sp³-hybridized carbons (Fsp3) is 0.400. The number of carbonyl (C=O) groups excluding carboxylic acids is 1. The van der Waals surface area contributed by atoms with Crippen LogP contribution in [0.4, 0.5) is 0 Å². The molecule has 1 rings (SSSR count). The van der Waals surface area contributed by atoms with Gasteiger partial charge < -0.3 is 4.90 Å². The number of benzene rings is 1. The molecule has 1 aromatic rings. The molecule has 2 heteroatoms. The fourth-order valence-electron chi connectivity index (χ4n) is 1.61. The highest BCUT2D eigenvalue weighted by Gasteiger charge is 2.11. The lowest BCUT2D eigenvalue weighted by Gasteiger charge is -2.22. The van der Waals surface area contributed by atoms with Gasteiger partial charge in [0, 0.05) is 13.1 Å². The maximum absolute atomic E-state index is 11.7. The van der Waals surface area contributed by atoms with Gasteiger partial charge in [-0.2, -0.15) is 0 Å². The average molecular weight is 231 g/mol. The Bertz CT molecular complexity index is 356. The Morgan fingerprint density at radius 2 is 2.00 bits per heavy atom. The van der Waals surface area contributed by atoms with Crippen LogP contribution in [0.5, 0.6) is 0 Å². The summed E-state index contributed by atoms with van der Waals surface area (Å²) in [5.74, 6) is 0.611. The van der Waals surface area contributed by atoms with E-state index in [1.165, 1.54) is 6.08 Å². The molecular weight excluding hydrogens is 210 g/mol. The van der Waals surface area contributed by atoms with E-state index < -0.39 is 0 Å². The summed E-state index contributed by atoms with van der Waals surface area (Å²) in [6.07, 6.45) is 2.41. The smallest absolute Gasteiger partial charge is 0.246 e. The molecule has 17 heavy (non-hydrogen) atoms. The summed E-state index contributed by atoms with van der Waals surface area (Å²) in [6.45, 7) is 9.34. The number of rotatable bonds is 6. The van der Waals surface area contributed by atoms with Gasteiger partial charge in [0.1, 0.15) is 0 Å². The summed E-state index contributed by atoms with van der Waals surface area (Å²) in [7, 11) is 0. The summed E-state index contributed by atoms with van der Waals surface area (Å²) < 4.78 is 0. The van der Waals surface area contributed by atoms with E-state index in [-0.39, 0.29) is 5.91 Å². The average Bonchev–Trinajstić information content (AvgIpc) is 2.34. The molecule has 0 aromatic heterocycles. The first-order valence-electron chi connectivity index (χ1n) is 6.08. The lowest BCUT2D eigenvalue weighted by molar-refractivity contribution is -0.126. The third-order valence-electron chi connectivity index (χ3n) is 2.68. The van der Waals surface area contributed by atoms with Crippen molar-refractivity contribution in [2.75, 3.05) is 6.54 Å². The molecule has 0 bridgehead atoms. The van der Waals surface area contributed by atoms with Crippen LogP contribution in [0, 0.1) is 5.92 Å². The first kappa shape index (κ1) is 13.5. The van der Waals surface area contributed by atoms with Crippen molar-refractivity contribution in [2.45, 2.75) is 26.8 Å². The van der Waals surface area contributed by atoms with Crippen LogP contribution in [0.2, 0.25) is 0 Å². The Hall–Kier alpha value is -1.57. The van der Waals surface area contributed by atoms with Crippen molar-refractivity contribution < 1.29 is 4.79 Å². The highest BCUT2D eigenvalue weighted by atomic mass is 16.2. The van der Waals surface area contributed by atoms with E-state index in [1.807, 2.05) is 35.2 Å². The zero-order valence-corrected chi connectivity index (χ0v) is 10.7. The van der Waals surface area contributed by atoms with Gasteiger partial charge >= 0.3 is 0 Å².